The monoisotopic (exact) mass is 369 g/mol. The lowest BCUT2D eigenvalue weighted by Crippen LogP contribution is -2.15. The summed E-state index contributed by atoms with van der Waals surface area (Å²) >= 11 is 0. The molecule has 0 fully saturated rings. The second-order valence-corrected chi connectivity index (χ2v) is 5.13. The van der Waals surface area contributed by atoms with Gasteiger partial charge in [-0.1, -0.05) is 12.1 Å². The van der Waals surface area contributed by atoms with Gasteiger partial charge in [0, 0.05) is 6.04 Å². The van der Waals surface area contributed by atoms with E-state index in [0.717, 1.165) is 18.2 Å². The molecule has 8 heteroatoms. The topological polar surface area (TPSA) is 26.0 Å². The van der Waals surface area contributed by atoms with E-state index in [0.29, 0.717) is 11.6 Å². The molecule has 132 valence electrons. The molecule has 2 N–H and O–H groups in total. The van der Waals surface area contributed by atoms with Crippen molar-refractivity contribution in [2.24, 2.45) is 5.73 Å². The van der Waals surface area contributed by atoms with Crippen molar-refractivity contribution in [3.63, 3.8) is 0 Å². The first-order valence-electron chi connectivity index (χ1n) is 6.74. The number of aryl methyl sites for hydroxylation is 1. The summed E-state index contributed by atoms with van der Waals surface area (Å²) in [6.45, 7) is 0. The lowest BCUT2D eigenvalue weighted by atomic mass is 9.98. The van der Waals surface area contributed by atoms with Gasteiger partial charge in [0.2, 0.25) is 0 Å². The minimum absolute atomic E-state index is 0. The van der Waals surface area contributed by atoms with Gasteiger partial charge in [-0.2, -0.15) is 13.2 Å². The van der Waals surface area contributed by atoms with Crippen molar-refractivity contribution < 1.29 is 26.3 Å². The molecule has 1 nitrogen and oxygen atoms in total. The average molecular weight is 370 g/mol. The van der Waals surface area contributed by atoms with E-state index in [1.807, 2.05) is 0 Å². The van der Waals surface area contributed by atoms with Crippen molar-refractivity contribution in [3.8, 4) is 0 Å². The van der Waals surface area contributed by atoms with E-state index >= 15 is 0 Å². The minimum Gasteiger partial charge on any atom is -0.324 e. The summed E-state index contributed by atoms with van der Waals surface area (Å²) in [5.41, 5.74) is 5.03. The third-order valence-electron chi connectivity index (χ3n) is 3.45. The molecule has 0 aliphatic carbocycles. The van der Waals surface area contributed by atoms with E-state index in [9.17, 15) is 26.3 Å². The highest BCUT2D eigenvalue weighted by Crippen LogP contribution is 2.33. The van der Waals surface area contributed by atoms with Crippen LogP contribution in [0.2, 0.25) is 0 Å². The molecule has 2 rings (SSSR count). The fourth-order valence-corrected chi connectivity index (χ4v) is 2.17. The summed E-state index contributed by atoms with van der Waals surface area (Å²) in [7, 11) is 0. The molecule has 0 aromatic heterocycles. The first-order chi connectivity index (χ1) is 10.7. The van der Waals surface area contributed by atoms with Gasteiger partial charge in [0.25, 0.3) is 0 Å². The van der Waals surface area contributed by atoms with Crippen molar-refractivity contribution in [1.82, 2.24) is 0 Å². The van der Waals surface area contributed by atoms with Crippen molar-refractivity contribution >= 4 is 12.4 Å². The first kappa shape index (κ1) is 20.3. The Bertz CT molecular complexity index is 701. The third kappa shape index (κ3) is 4.88. The molecule has 0 radical (unpaired) electrons. The van der Waals surface area contributed by atoms with E-state index in [1.165, 1.54) is 12.1 Å². The molecule has 0 spiro atoms. The van der Waals surface area contributed by atoms with Gasteiger partial charge in [-0.3, -0.25) is 0 Å². The largest absolute Gasteiger partial charge is 0.419 e. The molecular formula is C16H14ClF6N. The molecule has 0 aliphatic heterocycles. The highest BCUT2D eigenvalue weighted by atomic mass is 35.5. The predicted octanol–water partition coefficient (Wildman–Crippen LogP) is 5.18. The number of alkyl halides is 3. The summed E-state index contributed by atoms with van der Waals surface area (Å²) in [4.78, 5) is 0. The number of hydrogen-bond acceptors (Lipinski definition) is 1. The highest BCUT2D eigenvalue weighted by Gasteiger charge is 2.34. The Hall–Kier alpha value is -1.73. The van der Waals surface area contributed by atoms with Gasteiger partial charge in [-0.25, -0.2) is 13.2 Å². The molecule has 2 aromatic carbocycles. The van der Waals surface area contributed by atoms with Crippen LogP contribution in [0.1, 0.15) is 29.2 Å². The Labute approximate surface area is 140 Å². The van der Waals surface area contributed by atoms with Crippen LogP contribution in [0.25, 0.3) is 0 Å². The van der Waals surface area contributed by atoms with Crippen molar-refractivity contribution in [3.05, 3.63) is 70.5 Å². The molecule has 0 aliphatic rings. The summed E-state index contributed by atoms with van der Waals surface area (Å²) in [6.07, 6.45) is -4.36. The van der Waals surface area contributed by atoms with Gasteiger partial charge in [-0.05, 0) is 48.2 Å². The normalized spacial score (nSPS) is 12.6. The molecule has 0 saturated carbocycles. The lowest BCUT2D eigenvalue weighted by molar-refractivity contribution is -0.140. The van der Waals surface area contributed by atoms with Crippen molar-refractivity contribution in [1.29, 1.82) is 0 Å². The number of halogens is 7. The number of benzene rings is 2. The molecule has 0 amide bonds. The van der Waals surface area contributed by atoms with E-state index < -0.39 is 35.2 Å². The zero-order chi connectivity index (χ0) is 17.2. The fraction of sp³-hybridized carbons (Fsp3) is 0.250. The van der Waals surface area contributed by atoms with Gasteiger partial charge in [0.05, 0.1) is 5.56 Å². The number of nitrogens with two attached hydrogens (primary N) is 1. The van der Waals surface area contributed by atoms with Gasteiger partial charge in [0.15, 0.2) is 11.6 Å². The summed E-state index contributed by atoms with van der Waals surface area (Å²) < 4.78 is 77.1. The van der Waals surface area contributed by atoms with Crippen LogP contribution >= 0.6 is 12.4 Å². The van der Waals surface area contributed by atoms with Crippen LogP contribution in [-0.4, -0.2) is 0 Å². The molecule has 1 unspecified atom stereocenters. The quantitative estimate of drug-likeness (QED) is 0.739. The van der Waals surface area contributed by atoms with E-state index in [-0.39, 0.29) is 30.8 Å². The Kier molecular flexibility index (Phi) is 6.68. The van der Waals surface area contributed by atoms with Crippen LogP contribution in [0, 0.1) is 17.5 Å². The zero-order valence-electron chi connectivity index (χ0n) is 12.2. The zero-order valence-corrected chi connectivity index (χ0v) is 13.0. The van der Waals surface area contributed by atoms with E-state index in [4.69, 9.17) is 5.73 Å². The minimum atomic E-state index is -4.81. The Morgan fingerprint density at radius 1 is 0.875 bits per heavy atom. The van der Waals surface area contributed by atoms with E-state index in [2.05, 4.69) is 0 Å². The number of hydrogen-bond donors (Lipinski definition) is 1. The van der Waals surface area contributed by atoms with Gasteiger partial charge >= 0.3 is 6.18 Å². The standard InChI is InChI=1S/C16H13F6N.ClH/c17-12-5-3-10(8-11(12)16(20,21)22)15(23)6-2-9-1-4-13(18)14(19)7-9;/h1,3-5,7-8,15H,2,6,23H2;1H. The SMILES string of the molecule is Cl.NC(CCc1ccc(F)c(F)c1)c1ccc(F)c(C(F)(F)F)c1. The Morgan fingerprint density at radius 2 is 1.50 bits per heavy atom. The molecule has 0 saturated heterocycles. The number of rotatable bonds is 4. The van der Waals surface area contributed by atoms with Gasteiger partial charge in [0.1, 0.15) is 5.82 Å². The van der Waals surface area contributed by atoms with Crippen LogP contribution in [0.4, 0.5) is 26.3 Å². The maximum atomic E-state index is 13.2. The molecule has 24 heavy (non-hydrogen) atoms. The summed E-state index contributed by atoms with van der Waals surface area (Å²) in [5, 5.41) is 0. The van der Waals surface area contributed by atoms with Gasteiger partial charge < -0.3 is 5.73 Å². The van der Waals surface area contributed by atoms with Crippen molar-refractivity contribution in [2.45, 2.75) is 25.1 Å². The van der Waals surface area contributed by atoms with Gasteiger partial charge in [-0.15, -0.1) is 12.4 Å². The highest BCUT2D eigenvalue weighted by molar-refractivity contribution is 5.85. The van der Waals surface area contributed by atoms with Crippen LogP contribution in [-0.2, 0) is 12.6 Å². The van der Waals surface area contributed by atoms with Crippen LogP contribution < -0.4 is 5.73 Å². The predicted molar refractivity (Wildman–Crippen MR) is 80.3 cm³/mol. The summed E-state index contributed by atoms with van der Waals surface area (Å²) in [6, 6.07) is 5.13. The Morgan fingerprint density at radius 3 is 2.08 bits per heavy atom. The Balaban J connectivity index is 0.00000288. The maximum Gasteiger partial charge on any atom is 0.419 e. The molecule has 1 atom stereocenters. The molecular weight excluding hydrogens is 356 g/mol. The fourth-order valence-electron chi connectivity index (χ4n) is 2.17. The van der Waals surface area contributed by atoms with E-state index in [1.54, 1.807) is 0 Å². The maximum absolute atomic E-state index is 13.2. The molecule has 0 heterocycles. The second-order valence-electron chi connectivity index (χ2n) is 5.13. The van der Waals surface area contributed by atoms with Crippen LogP contribution in [0.3, 0.4) is 0 Å². The smallest absolute Gasteiger partial charge is 0.324 e. The van der Waals surface area contributed by atoms with Crippen molar-refractivity contribution in [2.75, 3.05) is 0 Å². The summed E-state index contributed by atoms with van der Waals surface area (Å²) in [5.74, 6) is -3.35. The molecule has 0 bridgehead atoms. The van der Waals surface area contributed by atoms with Crippen LogP contribution in [0.5, 0.6) is 0 Å². The lowest BCUT2D eigenvalue weighted by Gasteiger charge is -2.15. The third-order valence-corrected chi connectivity index (χ3v) is 3.45. The second kappa shape index (κ2) is 7.90. The first-order valence-corrected chi connectivity index (χ1v) is 6.74. The average Bonchev–Trinajstić information content (AvgIpc) is 2.47. The molecule has 2 aromatic rings. The van der Waals surface area contributed by atoms with Crippen LogP contribution in [0.15, 0.2) is 36.4 Å².